The van der Waals surface area contributed by atoms with E-state index in [9.17, 15) is 5.11 Å². The van der Waals surface area contributed by atoms with Crippen molar-refractivity contribution in [2.45, 2.75) is 12.5 Å². The van der Waals surface area contributed by atoms with Gasteiger partial charge in [0.15, 0.2) is 4.67 Å². The van der Waals surface area contributed by atoms with Crippen LogP contribution in [0, 0.1) is 0 Å². The summed E-state index contributed by atoms with van der Waals surface area (Å²) in [6.45, 7) is 1.76. The number of halogens is 1. The second-order valence-corrected chi connectivity index (χ2v) is 3.36. The molecule has 1 rings (SSSR count). The minimum atomic E-state index is -1.06. The smallest absolute Gasteiger partial charge is 0.169 e. The van der Waals surface area contributed by atoms with E-state index < -0.39 is 5.60 Å². The fourth-order valence-electron chi connectivity index (χ4n) is 0.704. The monoisotopic (exact) mass is 219 g/mol. The first kappa shape index (κ1) is 8.77. The maximum absolute atomic E-state index is 9.57. The minimum Gasteiger partial charge on any atom is -0.451 e. The summed E-state index contributed by atoms with van der Waals surface area (Å²) in [5.41, 5.74) is 4.26. The van der Waals surface area contributed by atoms with Crippen molar-refractivity contribution in [3.05, 3.63) is 22.6 Å². The fraction of sp³-hybridized carbons (Fsp3) is 0.429. The van der Waals surface area contributed by atoms with Crippen molar-refractivity contribution in [3.8, 4) is 0 Å². The van der Waals surface area contributed by atoms with Crippen molar-refractivity contribution in [1.82, 2.24) is 0 Å². The third-order valence-electron chi connectivity index (χ3n) is 1.50. The van der Waals surface area contributed by atoms with Crippen LogP contribution in [0.15, 0.2) is 21.2 Å². The molecule has 0 aliphatic carbocycles. The van der Waals surface area contributed by atoms with Crippen molar-refractivity contribution < 1.29 is 9.52 Å². The molecular formula is C7H10BrNO2. The molecule has 3 nitrogen and oxygen atoms in total. The number of nitrogens with two attached hydrogens (primary N) is 1. The molecule has 4 heteroatoms. The van der Waals surface area contributed by atoms with E-state index in [0.29, 0.717) is 10.4 Å². The lowest BCUT2D eigenvalue weighted by Gasteiger charge is -2.17. The van der Waals surface area contributed by atoms with E-state index in [0.717, 1.165) is 0 Å². The summed E-state index contributed by atoms with van der Waals surface area (Å²) >= 11 is 3.14. The number of rotatable bonds is 2. The predicted molar refractivity (Wildman–Crippen MR) is 45.0 cm³/mol. The Labute approximate surface area is 73.3 Å². The Morgan fingerprint density at radius 1 is 1.73 bits per heavy atom. The van der Waals surface area contributed by atoms with Crippen LogP contribution in [0.1, 0.15) is 12.7 Å². The van der Waals surface area contributed by atoms with Crippen molar-refractivity contribution in [1.29, 1.82) is 0 Å². The SMILES string of the molecule is CC(O)(CN)c1ccc(Br)o1. The van der Waals surface area contributed by atoms with Crippen LogP contribution >= 0.6 is 15.9 Å². The van der Waals surface area contributed by atoms with E-state index >= 15 is 0 Å². The second kappa shape index (κ2) is 2.97. The highest BCUT2D eigenvalue weighted by molar-refractivity contribution is 9.10. The average Bonchev–Trinajstić information content (AvgIpc) is 2.36. The molecule has 1 atom stereocenters. The van der Waals surface area contributed by atoms with Gasteiger partial charge in [-0.05, 0) is 35.0 Å². The summed E-state index contributed by atoms with van der Waals surface area (Å²) in [5, 5.41) is 9.57. The normalized spacial score (nSPS) is 16.4. The van der Waals surface area contributed by atoms with Crippen molar-refractivity contribution in [2.75, 3.05) is 6.54 Å². The Morgan fingerprint density at radius 2 is 2.36 bits per heavy atom. The van der Waals surface area contributed by atoms with Gasteiger partial charge in [0.2, 0.25) is 0 Å². The largest absolute Gasteiger partial charge is 0.451 e. The molecule has 0 aliphatic rings. The zero-order valence-corrected chi connectivity index (χ0v) is 7.76. The molecule has 3 N–H and O–H groups in total. The van der Waals surface area contributed by atoms with E-state index in [2.05, 4.69) is 15.9 Å². The lowest BCUT2D eigenvalue weighted by Crippen LogP contribution is -2.30. The first-order chi connectivity index (χ1) is 5.06. The Balaban J connectivity index is 2.92. The first-order valence-corrected chi connectivity index (χ1v) is 4.04. The first-order valence-electron chi connectivity index (χ1n) is 3.24. The Hall–Kier alpha value is -0.320. The lowest BCUT2D eigenvalue weighted by atomic mass is 10.1. The number of aliphatic hydroxyl groups is 1. The van der Waals surface area contributed by atoms with E-state index in [-0.39, 0.29) is 6.54 Å². The van der Waals surface area contributed by atoms with Gasteiger partial charge in [0, 0.05) is 6.54 Å². The standard InChI is InChI=1S/C7H10BrNO2/c1-7(10,4-9)5-2-3-6(8)11-5/h2-3,10H,4,9H2,1H3. The molecule has 0 saturated heterocycles. The van der Waals surface area contributed by atoms with Gasteiger partial charge in [0.05, 0.1) is 0 Å². The Morgan fingerprint density at radius 3 is 2.73 bits per heavy atom. The van der Waals surface area contributed by atoms with Gasteiger partial charge in [-0.25, -0.2) is 0 Å². The summed E-state index contributed by atoms with van der Waals surface area (Å²) < 4.78 is 5.72. The number of hydrogen-bond donors (Lipinski definition) is 2. The Bertz CT molecular complexity index is 244. The molecule has 1 aromatic heterocycles. The maximum atomic E-state index is 9.57. The molecule has 0 radical (unpaired) electrons. The summed E-state index contributed by atoms with van der Waals surface area (Å²) in [6.07, 6.45) is 0. The lowest BCUT2D eigenvalue weighted by molar-refractivity contribution is 0.0424. The number of hydrogen-bond acceptors (Lipinski definition) is 3. The fourth-order valence-corrected chi connectivity index (χ4v) is 1.01. The molecule has 0 spiro atoms. The van der Waals surface area contributed by atoms with Crippen LogP contribution < -0.4 is 5.73 Å². The van der Waals surface area contributed by atoms with Crippen LogP contribution in [0.4, 0.5) is 0 Å². The van der Waals surface area contributed by atoms with Gasteiger partial charge in [0.1, 0.15) is 11.4 Å². The zero-order valence-electron chi connectivity index (χ0n) is 6.17. The average molecular weight is 220 g/mol. The highest BCUT2D eigenvalue weighted by atomic mass is 79.9. The number of furan rings is 1. The van der Waals surface area contributed by atoms with Crippen LogP contribution in [-0.2, 0) is 5.60 Å². The molecule has 0 aliphatic heterocycles. The molecule has 1 heterocycles. The van der Waals surface area contributed by atoms with Crippen molar-refractivity contribution >= 4 is 15.9 Å². The van der Waals surface area contributed by atoms with Gasteiger partial charge in [-0.1, -0.05) is 0 Å². The van der Waals surface area contributed by atoms with E-state index in [1.54, 1.807) is 19.1 Å². The topological polar surface area (TPSA) is 59.4 Å². The molecule has 1 unspecified atom stereocenters. The van der Waals surface area contributed by atoms with E-state index in [1.807, 2.05) is 0 Å². The Kier molecular flexibility index (Phi) is 2.37. The summed E-state index contributed by atoms with van der Waals surface area (Å²) in [4.78, 5) is 0. The quantitative estimate of drug-likeness (QED) is 0.787. The molecule has 62 valence electrons. The summed E-state index contributed by atoms with van der Waals surface area (Å²) in [7, 11) is 0. The van der Waals surface area contributed by atoms with Gasteiger partial charge in [0.25, 0.3) is 0 Å². The minimum absolute atomic E-state index is 0.146. The third-order valence-corrected chi connectivity index (χ3v) is 1.93. The van der Waals surface area contributed by atoms with Gasteiger partial charge in [-0.15, -0.1) is 0 Å². The molecule has 1 aromatic rings. The highest BCUT2D eigenvalue weighted by Gasteiger charge is 2.24. The predicted octanol–water partition coefficient (Wildman–Crippen LogP) is 1.21. The molecule has 0 aromatic carbocycles. The van der Waals surface area contributed by atoms with Gasteiger partial charge in [-0.3, -0.25) is 0 Å². The van der Waals surface area contributed by atoms with Crippen LogP contribution in [0.2, 0.25) is 0 Å². The highest BCUT2D eigenvalue weighted by Crippen LogP contribution is 2.24. The van der Waals surface area contributed by atoms with Crippen LogP contribution in [0.5, 0.6) is 0 Å². The van der Waals surface area contributed by atoms with Crippen molar-refractivity contribution in [2.24, 2.45) is 5.73 Å². The zero-order chi connectivity index (χ0) is 8.48. The van der Waals surface area contributed by atoms with Gasteiger partial charge in [-0.2, -0.15) is 0 Å². The summed E-state index contributed by atoms with van der Waals surface area (Å²) in [5.74, 6) is 0.479. The molecule has 0 saturated carbocycles. The van der Waals surface area contributed by atoms with Crippen molar-refractivity contribution in [3.63, 3.8) is 0 Å². The van der Waals surface area contributed by atoms with Crippen LogP contribution in [0.3, 0.4) is 0 Å². The molecule has 0 amide bonds. The van der Waals surface area contributed by atoms with Crippen LogP contribution in [0.25, 0.3) is 0 Å². The maximum Gasteiger partial charge on any atom is 0.169 e. The third kappa shape index (κ3) is 1.83. The molecule has 11 heavy (non-hydrogen) atoms. The van der Waals surface area contributed by atoms with Gasteiger partial charge < -0.3 is 15.3 Å². The van der Waals surface area contributed by atoms with Gasteiger partial charge >= 0.3 is 0 Å². The molecule has 0 fully saturated rings. The molecule has 0 bridgehead atoms. The molecular weight excluding hydrogens is 210 g/mol. The second-order valence-electron chi connectivity index (χ2n) is 2.58. The van der Waals surface area contributed by atoms with E-state index in [1.165, 1.54) is 0 Å². The van der Waals surface area contributed by atoms with E-state index in [4.69, 9.17) is 10.2 Å². The summed E-state index contributed by atoms with van der Waals surface area (Å²) in [6, 6.07) is 3.41. The van der Waals surface area contributed by atoms with Crippen LogP contribution in [-0.4, -0.2) is 11.7 Å².